The van der Waals surface area contributed by atoms with Crippen LogP contribution < -0.4 is 0 Å². The molecule has 3 fully saturated rings. The number of rotatable bonds is 3. The second-order valence-electron chi connectivity index (χ2n) is 6.62. The van der Waals surface area contributed by atoms with Crippen molar-refractivity contribution in [2.75, 3.05) is 26.2 Å². The van der Waals surface area contributed by atoms with Gasteiger partial charge in [-0.2, -0.15) is 0 Å². The lowest BCUT2D eigenvalue weighted by Gasteiger charge is -2.37. The van der Waals surface area contributed by atoms with Gasteiger partial charge in [0.15, 0.2) is 0 Å². The van der Waals surface area contributed by atoms with Crippen molar-refractivity contribution >= 4 is 5.91 Å². The first-order valence-corrected chi connectivity index (χ1v) is 8.38. The number of hydrogen-bond acceptors (Lipinski definition) is 3. The molecular formula is C16H28N2O2. The third-order valence-corrected chi connectivity index (χ3v) is 5.27. The molecule has 0 bridgehead atoms. The number of amides is 1. The molecule has 0 spiro atoms. The Hall–Kier alpha value is -0.610. The monoisotopic (exact) mass is 280 g/mol. The first-order chi connectivity index (χ1) is 9.75. The number of hydrogen-bond donors (Lipinski definition) is 0. The van der Waals surface area contributed by atoms with Gasteiger partial charge in [-0.1, -0.05) is 0 Å². The normalized spacial score (nSPS) is 35.6. The summed E-state index contributed by atoms with van der Waals surface area (Å²) in [6.45, 7) is 5.89. The van der Waals surface area contributed by atoms with E-state index in [1.807, 2.05) is 0 Å². The van der Waals surface area contributed by atoms with Gasteiger partial charge in [-0.25, -0.2) is 0 Å². The average molecular weight is 280 g/mol. The van der Waals surface area contributed by atoms with Gasteiger partial charge in [-0.05, 0) is 51.5 Å². The van der Waals surface area contributed by atoms with E-state index in [9.17, 15) is 4.79 Å². The number of carbonyl (C=O) groups excluding carboxylic acids is 1. The Morgan fingerprint density at radius 1 is 1.05 bits per heavy atom. The average Bonchev–Trinajstić information content (AvgIpc) is 3.07. The van der Waals surface area contributed by atoms with Crippen LogP contribution in [-0.4, -0.2) is 60.1 Å². The molecule has 0 aliphatic carbocycles. The van der Waals surface area contributed by atoms with E-state index >= 15 is 0 Å². The van der Waals surface area contributed by atoms with Crippen molar-refractivity contribution in [1.29, 1.82) is 0 Å². The van der Waals surface area contributed by atoms with Gasteiger partial charge in [0.05, 0.1) is 6.10 Å². The summed E-state index contributed by atoms with van der Waals surface area (Å²) in [7, 11) is 0. The van der Waals surface area contributed by atoms with E-state index < -0.39 is 0 Å². The van der Waals surface area contributed by atoms with E-state index in [2.05, 4.69) is 9.80 Å². The van der Waals surface area contributed by atoms with Crippen molar-refractivity contribution in [3.8, 4) is 0 Å². The minimum Gasteiger partial charge on any atom is -0.377 e. The highest BCUT2D eigenvalue weighted by molar-refractivity contribution is 5.74. The molecule has 0 saturated carbocycles. The molecule has 3 heterocycles. The molecule has 3 rings (SSSR count). The molecule has 4 nitrogen and oxygen atoms in total. The van der Waals surface area contributed by atoms with Crippen LogP contribution in [0, 0.1) is 0 Å². The number of nitrogens with zero attached hydrogens (tertiary/aromatic N) is 2. The number of ether oxygens (including phenoxy) is 1. The Labute approximate surface area is 122 Å². The molecule has 1 amide bonds. The molecule has 0 aromatic carbocycles. The quantitative estimate of drug-likeness (QED) is 0.793. The van der Waals surface area contributed by atoms with Crippen LogP contribution in [0.3, 0.4) is 0 Å². The third-order valence-electron chi connectivity index (χ3n) is 5.27. The molecule has 3 aliphatic heterocycles. The summed E-state index contributed by atoms with van der Waals surface area (Å²) in [4.78, 5) is 16.5. The van der Waals surface area contributed by atoms with Crippen molar-refractivity contribution < 1.29 is 9.53 Å². The van der Waals surface area contributed by atoms with E-state index in [0.29, 0.717) is 18.2 Å². The third kappa shape index (κ3) is 3.01. The molecule has 20 heavy (non-hydrogen) atoms. The van der Waals surface area contributed by atoms with Gasteiger partial charge in [-0.15, -0.1) is 0 Å². The lowest BCUT2D eigenvalue weighted by molar-refractivity contribution is -0.130. The van der Waals surface area contributed by atoms with E-state index in [4.69, 9.17) is 4.74 Å². The smallest absolute Gasteiger partial charge is 0.219 e. The lowest BCUT2D eigenvalue weighted by atomic mass is 10.0. The van der Waals surface area contributed by atoms with Crippen molar-refractivity contribution in [1.82, 2.24) is 9.80 Å². The number of likely N-dealkylation sites (tertiary alicyclic amines) is 2. The molecular weight excluding hydrogens is 252 g/mol. The summed E-state index contributed by atoms with van der Waals surface area (Å²) < 4.78 is 5.90. The van der Waals surface area contributed by atoms with E-state index in [0.717, 1.165) is 19.7 Å². The topological polar surface area (TPSA) is 32.8 Å². The maximum atomic E-state index is 11.8. The van der Waals surface area contributed by atoms with Gasteiger partial charge in [-0.3, -0.25) is 9.69 Å². The zero-order valence-corrected chi connectivity index (χ0v) is 12.7. The van der Waals surface area contributed by atoms with Crippen molar-refractivity contribution in [3.05, 3.63) is 0 Å². The molecule has 4 heteroatoms. The fourth-order valence-corrected chi connectivity index (χ4v) is 4.31. The van der Waals surface area contributed by atoms with Crippen LogP contribution in [0.5, 0.6) is 0 Å². The highest BCUT2D eigenvalue weighted by Gasteiger charge is 2.39. The van der Waals surface area contributed by atoms with Crippen LogP contribution in [0.25, 0.3) is 0 Å². The van der Waals surface area contributed by atoms with E-state index in [1.165, 1.54) is 51.5 Å². The van der Waals surface area contributed by atoms with Gasteiger partial charge < -0.3 is 9.64 Å². The standard InChI is InChI=1S/C16H28N2O2/c1-13(19)18-10-5-8-16(18)15-7-4-9-17(15)12-14-6-2-3-11-20-14/h14-16H,2-12H2,1H3. The SMILES string of the molecule is CC(=O)N1CCCC1C1CCCN1CC1CCCCO1. The molecule has 0 aromatic heterocycles. The van der Waals surface area contributed by atoms with Crippen LogP contribution in [0.1, 0.15) is 51.9 Å². The maximum absolute atomic E-state index is 11.8. The van der Waals surface area contributed by atoms with Crippen LogP contribution in [0.4, 0.5) is 0 Å². The lowest BCUT2D eigenvalue weighted by Crippen LogP contribution is -2.49. The second-order valence-corrected chi connectivity index (χ2v) is 6.62. The Morgan fingerprint density at radius 2 is 1.85 bits per heavy atom. The molecule has 0 aromatic rings. The summed E-state index contributed by atoms with van der Waals surface area (Å²) in [6, 6.07) is 1.03. The highest BCUT2D eigenvalue weighted by Crippen LogP contribution is 2.31. The summed E-state index contributed by atoms with van der Waals surface area (Å²) in [5, 5.41) is 0. The Bertz CT molecular complexity index is 341. The van der Waals surface area contributed by atoms with E-state index in [1.54, 1.807) is 6.92 Å². The van der Waals surface area contributed by atoms with Gasteiger partial charge in [0, 0.05) is 38.7 Å². The first-order valence-electron chi connectivity index (χ1n) is 8.38. The fourth-order valence-electron chi connectivity index (χ4n) is 4.31. The Morgan fingerprint density at radius 3 is 2.60 bits per heavy atom. The largest absolute Gasteiger partial charge is 0.377 e. The molecule has 0 radical (unpaired) electrons. The summed E-state index contributed by atoms with van der Waals surface area (Å²) in [6.07, 6.45) is 9.06. The van der Waals surface area contributed by atoms with Crippen LogP contribution >= 0.6 is 0 Å². The van der Waals surface area contributed by atoms with Crippen molar-refractivity contribution in [3.63, 3.8) is 0 Å². The van der Waals surface area contributed by atoms with Crippen molar-refractivity contribution in [2.24, 2.45) is 0 Å². The summed E-state index contributed by atoms with van der Waals surface area (Å²) in [5.41, 5.74) is 0. The van der Waals surface area contributed by atoms with Gasteiger partial charge in [0.2, 0.25) is 5.91 Å². The molecule has 3 atom stereocenters. The van der Waals surface area contributed by atoms with Gasteiger partial charge in [0.1, 0.15) is 0 Å². The minimum absolute atomic E-state index is 0.258. The second kappa shape index (κ2) is 6.44. The minimum atomic E-state index is 0.258. The molecule has 3 saturated heterocycles. The molecule has 3 aliphatic rings. The van der Waals surface area contributed by atoms with Crippen LogP contribution in [0.15, 0.2) is 0 Å². The van der Waals surface area contributed by atoms with Crippen molar-refractivity contribution in [2.45, 2.75) is 70.1 Å². The van der Waals surface area contributed by atoms with Crippen LogP contribution in [0.2, 0.25) is 0 Å². The van der Waals surface area contributed by atoms with E-state index in [-0.39, 0.29) is 5.91 Å². The molecule has 0 N–H and O–H groups in total. The zero-order chi connectivity index (χ0) is 13.9. The predicted octanol–water partition coefficient (Wildman–Crippen LogP) is 2.03. The Kier molecular flexibility index (Phi) is 4.61. The maximum Gasteiger partial charge on any atom is 0.219 e. The van der Waals surface area contributed by atoms with Crippen LogP contribution in [-0.2, 0) is 9.53 Å². The first kappa shape index (κ1) is 14.3. The Balaban J connectivity index is 1.61. The summed E-state index contributed by atoms with van der Waals surface area (Å²) in [5.74, 6) is 0.258. The highest BCUT2D eigenvalue weighted by atomic mass is 16.5. The molecule has 114 valence electrons. The van der Waals surface area contributed by atoms with Gasteiger partial charge >= 0.3 is 0 Å². The summed E-state index contributed by atoms with van der Waals surface area (Å²) >= 11 is 0. The predicted molar refractivity (Wildman–Crippen MR) is 78.6 cm³/mol. The van der Waals surface area contributed by atoms with Gasteiger partial charge in [0.25, 0.3) is 0 Å². The zero-order valence-electron chi connectivity index (χ0n) is 12.7. The molecule has 3 unspecified atom stereocenters. The fraction of sp³-hybridized carbons (Fsp3) is 0.938. The number of carbonyl (C=O) groups is 1.